The van der Waals surface area contributed by atoms with Crippen molar-refractivity contribution in [3.63, 3.8) is 0 Å². The van der Waals surface area contributed by atoms with E-state index < -0.39 is 15.8 Å². The van der Waals surface area contributed by atoms with E-state index in [-0.39, 0.29) is 22.4 Å². The fourth-order valence-electron chi connectivity index (χ4n) is 2.57. The SMILES string of the molecule is COc1c(N)cc(S(=O)(=O)N2CCN(C)CC2C)cc1F. The Morgan fingerprint density at radius 1 is 1.38 bits per heavy atom. The quantitative estimate of drug-likeness (QED) is 0.832. The van der Waals surface area contributed by atoms with Crippen LogP contribution in [0.3, 0.4) is 0 Å². The van der Waals surface area contributed by atoms with E-state index in [0.717, 1.165) is 6.07 Å². The Morgan fingerprint density at radius 2 is 2.05 bits per heavy atom. The second kappa shape index (κ2) is 5.78. The number of hydrogen-bond donors (Lipinski definition) is 1. The van der Waals surface area contributed by atoms with Crippen molar-refractivity contribution in [2.45, 2.75) is 17.9 Å². The van der Waals surface area contributed by atoms with Gasteiger partial charge in [0.15, 0.2) is 11.6 Å². The smallest absolute Gasteiger partial charge is 0.243 e. The highest BCUT2D eigenvalue weighted by molar-refractivity contribution is 7.89. The number of nitrogens with zero attached hydrogens (tertiary/aromatic N) is 2. The number of anilines is 1. The standard InChI is InChI=1S/C13H20FN3O3S/c1-9-8-16(2)4-5-17(9)21(18,19)10-6-11(14)13(20-3)12(15)7-10/h6-7,9H,4-5,8,15H2,1-3H3. The number of ether oxygens (including phenoxy) is 1. The second-order valence-corrected chi connectivity index (χ2v) is 7.15. The first kappa shape index (κ1) is 16.0. The summed E-state index contributed by atoms with van der Waals surface area (Å²) in [5.74, 6) is -0.918. The third-order valence-corrected chi connectivity index (χ3v) is 5.62. The maximum absolute atomic E-state index is 13.9. The summed E-state index contributed by atoms with van der Waals surface area (Å²) < 4.78 is 45.4. The van der Waals surface area contributed by atoms with E-state index in [2.05, 4.69) is 4.90 Å². The average Bonchev–Trinajstić information content (AvgIpc) is 2.37. The zero-order valence-electron chi connectivity index (χ0n) is 12.3. The van der Waals surface area contributed by atoms with Crippen molar-refractivity contribution in [3.8, 4) is 5.75 Å². The fraction of sp³-hybridized carbons (Fsp3) is 0.538. The number of rotatable bonds is 3. The van der Waals surface area contributed by atoms with Gasteiger partial charge in [-0.3, -0.25) is 0 Å². The van der Waals surface area contributed by atoms with Crippen LogP contribution in [0.2, 0.25) is 0 Å². The average molecular weight is 317 g/mol. The maximum Gasteiger partial charge on any atom is 0.243 e. The van der Waals surface area contributed by atoms with Crippen LogP contribution in [0.1, 0.15) is 6.92 Å². The predicted octanol–water partition coefficient (Wildman–Crippen LogP) is 0.741. The molecule has 2 rings (SSSR count). The van der Waals surface area contributed by atoms with Gasteiger partial charge >= 0.3 is 0 Å². The maximum atomic E-state index is 13.9. The lowest BCUT2D eigenvalue weighted by atomic mass is 10.2. The molecule has 1 saturated heterocycles. The summed E-state index contributed by atoms with van der Waals surface area (Å²) in [7, 11) is -0.554. The summed E-state index contributed by atoms with van der Waals surface area (Å²) in [6.45, 7) is 3.47. The number of hydrogen-bond acceptors (Lipinski definition) is 5. The molecule has 1 aliphatic rings. The van der Waals surface area contributed by atoms with E-state index in [1.807, 2.05) is 14.0 Å². The Balaban J connectivity index is 2.40. The number of nitrogens with two attached hydrogens (primary N) is 1. The summed E-state index contributed by atoms with van der Waals surface area (Å²) in [5.41, 5.74) is 5.63. The van der Waals surface area contributed by atoms with Crippen molar-refractivity contribution >= 4 is 15.7 Å². The molecule has 0 aliphatic carbocycles. The van der Waals surface area contributed by atoms with Gasteiger partial charge in [0.2, 0.25) is 10.0 Å². The Bertz CT molecular complexity index is 613. The summed E-state index contributed by atoms with van der Waals surface area (Å²) in [6, 6.07) is 2.01. The lowest BCUT2D eigenvalue weighted by Gasteiger charge is -2.37. The van der Waals surface area contributed by atoms with Crippen molar-refractivity contribution in [3.05, 3.63) is 17.9 Å². The topological polar surface area (TPSA) is 75.9 Å². The van der Waals surface area contributed by atoms with Crippen LogP contribution in [0, 0.1) is 5.82 Å². The van der Waals surface area contributed by atoms with Gasteiger partial charge in [0, 0.05) is 25.7 Å². The van der Waals surface area contributed by atoms with Crippen LogP contribution in [0.25, 0.3) is 0 Å². The van der Waals surface area contributed by atoms with Crippen molar-refractivity contribution in [2.24, 2.45) is 0 Å². The minimum absolute atomic E-state index is 0.0298. The van der Waals surface area contributed by atoms with Crippen LogP contribution in [0.15, 0.2) is 17.0 Å². The molecule has 0 aromatic heterocycles. The summed E-state index contributed by atoms with van der Waals surface area (Å²) >= 11 is 0. The minimum Gasteiger partial charge on any atom is -0.492 e. The van der Waals surface area contributed by atoms with Crippen molar-refractivity contribution < 1.29 is 17.5 Å². The summed E-state index contributed by atoms with van der Waals surface area (Å²) in [6.07, 6.45) is 0. The first-order valence-electron chi connectivity index (χ1n) is 6.60. The zero-order valence-corrected chi connectivity index (χ0v) is 13.2. The van der Waals surface area contributed by atoms with Gasteiger partial charge in [-0.2, -0.15) is 4.31 Å². The third-order valence-electron chi connectivity index (χ3n) is 3.63. The van der Waals surface area contributed by atoms with E-state index in [4.69, 9.17) is 10.5 Å². The summed E-state index contributed by atoms with van der Waals surface area (Å²) in [4.78, 5) is 1.91. The van der Waals surface area contributed by atoms with Crippen LogP contribution in [-0.4, -0.2) is 57.5 Å². The molecule has 1 aromatic rings. The highest BCUT2D eigenvalue weighted by atomic mass is 32.2. The predicted molar refractivity (Wildman–Crippen MR) is 78.2 cm³/mol. The van der Waals surface area contributed by atoms with Gasteiger partial charge in [0.05, 0.1) is 17.7 Å². The minimum atomic E-state index is -3.77. The molecule has 1 heterocycles. The molecule has 0 saturated carbocycles. The van der Waals surface area contributed by atoms with Crippen LogP contribution >= 0.6 is 0 Å². The van der Waals surface area contributed by atoms with Crippen molar-refractivity contribution in [2.75, 3.05) is 39.5 Å². The normalized spacial score (nSPS) is 21.4. The summed E-state index contributed by atoms with van der Waals surface area (Å²) in [5, 5.41) is 0. The lowest BCUT2D eigenvalue weighted by molar-refractivity contribution is 0.170. The highest BCUT2D eigenvalue weighted by Gasteiger charge is 2.33. The van der Waals surface area contributed by atoms with Crippen LogP contribution < -0.4 is 10.5 Å². The molecule has 0 radical (unpaired) electrons. The largest absolute Gasteiger partial charge is 0.492 e. The number of piperazine rings is 1. The Morgan fingerprint density at radius 3 is 2.57 bits per heavy atom. The molecule has 1 unspecified atom stereocenters. The molecule has 1 atom stereocenters. The van der Waals surface area contributed by atoms with E-state index in [9.17, 15) is 12.8 Å². The molecule has 1 fully saturated rings. The number of likely N-dealkylation sites (N-methyl/N-ethyl adjacent to an activating group) is 1. The molecule has 8 heteroatoms. The third kappa shape index (κ3) is 2.97. The van der Waals surface area contributed by atoms with E-state index in [1.165, 1.54) is 17.5 Å². The molecule has 0 spiro atoms. The first-order chi connectivity index (χ1) is 9.77. The van der Waals surface area contributed by atoms with Gasteiger partial charge in [-0.05, 0) is 26.1 Å². The van der Waals surface area contributed by atoms with Gasteiger partial charge in [-0.15, -0.1) is 0 Å². The Labute approximate surface area is 124 Å². The molecule has 0 bridgehead atoms. The molecule has 1 aliphatic heterocycles. The zero-order chi connectivity index (χ0) is 15.8. The van der Waals surface area contributed by atoms with E-state index in [0.29, 0.717) is 19.6 Å². The molecule has 6 nitrogen and oxygen atoms in total. The molecule has 2 N–H and O–H groups in total. The lowest BCUT2D eigenvalue weighted by Crippen LogP contribution is -2.52. The molecular formula is C13H20FN3O3S. The van der Waals surface area contributed by atoms with Gasteiger partial charge in [-0.25, -0.2) is 12.8 Å². The highest BCUT2D eigenvalue weighted by Crippen LogP contribution is 2.30. The second-order valence-electron chi connectivity index (χ2n) is 5.25. The number of sulfonamides is 1. The number of halogens is 1. The molecular weight excluding hydrogens is 297 g/mol. The molecule has 118 valence electrons. The monoisotopic (exact) mass is 317 g/mol. The van der Waals surface area contributed by atoms with Crippen molar-refractivity contribution in [1.82, 2.24) is 9.21 Å². The first-order valence-corrected chi connectivity index (χ1v) is 8.04. The van der Waals surface area contributed by atoms with Gasteiger partial charge in [-0.1, -0.05) is 0 Å². The molecule has 21 heavy (non-hydrogen) atoms. The molecule has 1 aromatic carbocycles. The van der Waals surface area contributed by atoms with Gasteiger partial charge in [0.1, 0.15) is 0 Å². The van der Waals surface area contributed by atoms with Gasteiger partial charge < -0.3 is 15.4 Å². The number of benzene rings is 1. The number of nitrogen functional groups attached to an aromatic ring is 1. The van der Waals surface area contributed by atoms with Gasteiger partial charge in [0.25, 0.3) is 0 Å². The molecule has 0 amide bonds. The van der Waals surface area contributed by atoms with Crippen LogP contribution in [0.4, 0.5) is 10.1 Å². The Hall–Kier alpha value is -1.38. The number of methoxy groups -OCH3 is 1. The van der Waals surface area contributed by atoms with E-state index >= 15 is 0 Å². The van der Waals surface area contributed by atoms with Crippen LogP contribution in [0.5, 0.6) is 5.75 Å². The fourth-order valence-corrected chi connectivity index (χ4v) is 4.23. The van der Waals surface area contributed by atoms with Crippen LogP contribution in [-0.2, 0) is 10.0 Å². The van der Waals surface area contributed by atoms with E-state index in [1.54, 1.807) is 0 Å². The Kier molecular flexibility index (Phi) is 4.40. The van der Waals surface area contributed by atoms with Crippen molar-refractivity contribution in [1.29, 1.82) is 0 Å².